The number of nitrogens with one attached hydrogen (secondary N) is 1. The molecule has 1 fully saturated rings. The van der Waals surface area contributed by atoms with Gasteiger partial charge in [0.25, 0.3) is 0 Å². The van der Waals surface area contributed by atoms with Crippen LogP contribution in [0.4, 0.5) is 5.69 Å². The molecule has 1 aliphatic carbocycles. The van der Waals surface area contributed by atoms with Crippen molar-refractivity contribution in [2.75, 3.05) is 5.32 Å². The lowest BCUT2D eigenvalue weighted by Crippen LogP contribution is -2.16. The summed E-state index contributed by atoms with van der Waals surface area (Å²) in [5, 5.41) is 11.9. The summed E-state index contributed by atoms with van der Waals surface area (Å²) in [5.74, 6) is 2.24. The Morgan fingerprint density at radius 3 is 2.43 bits per heavy atom. The predicted octanol–water partition coefficient (Wildman–Crippen LogP) is 5.15. The predicted molar refractivity (Wildman–Crippen MR) is 118 cm³/mol. The van der Waals surface area contributed by atoms with Crippen molar-refractivity contribution in [3.8, 4) is 11.4 Å². The minimum Gasteiger partial charge on any atom is -0.326 e. The number of aromatic nitrogens is 4. The minimum absolute atomic E-state index is 0.00118. The smallest absolute Gasteiger partial charge is 0.224 e. The first kappa shape index (κ1) is 20.3. The Kier molecular flexibility index (Phi) is 6.21. The van der Waals surface area contributed by atoms with Gasteiger partial charge in [0, 0.05) is 42.5 Å². The fourth-order valence-electron chi connectivity index (χ4n) is 4.14. The van der Waals surface area contributed by atoms with E-state index in [0.29, 0.717) is 24.8 Å². The molecule has 30 heavy (non-hydrogen) atoms. The summed E-state index contributed by atoms with van der Waals surface area (Å²) < 4.78 is 2.26. The zero-order valence-electron chi connectivity index (χ0n) is 17.7. The van der Waals surface area contributed by atoms with Crippen molar-refractivity contribution in [1.29, 1.82) is 0 Å². The van der Waals surface area contributed by atoms with Crippen molar-refractivity contribution >= 4 is 11.6 Å². The van der Waals surface area contributed by atoms with E-state index in [-0.39, 0.29) is 5.91 Å². The highest BCUT2D eigenvalue weighted by Gasteiger charge is 2.24. The maximum absolute atomic E-state index is 12.5. The standard InChI is InChI=1S/C24H29N5O/c1-17(2)18-7-9-20(10-8-18)26-23(30)12-11-22-27-28-24(19-13-15-25-16-14-19)29(22)21-5-3-4-6-21/h7-10,13-17,21H,3-6,11-12H2,1-2H3,(H,26,30). The molecule has 0 radical (unpaired) electrons. The van der Waals surface area contributed by atoms with Crippen LogP contribution in [0, 0.1) is 0 Å². The van der Waals surface area contributed by atoms with Gasteiger partial charge in [-0.05, 0) is 48.6 Å². The van der Waals surface area contributed by atoms with Gasteiger partial charge in [-0.15, -0.1) is 10.2 Å². The van der Waals surface area contributed by atoms with E-state index in [1.54, 1.807) is 12.4 Å². The minimum atomic E-state index is -0.00118. The second kappa shape index (κ2) is 9.20. The van der Waals surface area contributed by atoms with Crippen LogP contribution in [0.2, 0.25) is 0 Å². The van der Waals surface area contributed by atoms with Crippen LogP contribution < -0.4 is 5.32 Å². The Morgan fingerprint density at radius 2 is 1.77 bits per heavy atom. The van der Waals surface area contributed by atoms with Gasteiger partial charge in [-0.3, -0.25) is 9.78 Å². The molecule has 0 spiro atoms. The van der Waals surface area contributed by atoms with Crippen LogP contribution in [0.1, 0.15) is 69.3 Å². The van der Waals surface area contributed by atoms with E-state index in [9.17, 15) is 4.79 Å². The third-order valence-corrected chi connectivity index (χ3v) is 5.83. The quantitative estimate of drug-likeness (QED) is 0.592. The maximum Gasteiger partial charge on any atom is 0.224 e. The van der Waals surface area contributed by atoms with Crippen LogP contribution in [-0.4, -0.2) is 25.7 Å². The number of carbonyl (C=O) groups is 1. The van der Waals surface area contributed by atoms with Gasteiger partial charge in [-0.2, -0.15) is 0 Å². The highest BCUT2D eigenvalue weighted by Crippen LogP contribution is 2.34. The van der Waals surface area contributed by atoms with Crippen molar-refractivity contribution in [2.24, 2.45) is 0 Å². The van der Waals surface area contributed by atoms with Crippen molar-refractivity contribution in [3.63, 3.8) is 0 Å². The molecule has 156 valence electrons. The van der Waals surface area contributed by atoms with E-state index >= 15 is 0 Å². The molecule has 1 saturated carbocycles. The van der Waals surface area contributed by atoms with Crippen LogP contribution in [0.3, 0.4) is 0 Å². The van der Waals surface area contributed by atoms with Crippen LogP contribution in [0.15, 0.2) is 48.8 Å². The first-order valence-electron chi connectivity index (χ1n) is 10.9. The van der Waals surface area contributed by atoms with Gasteiger partial charge in [-0.25, -0.2) is 0 Å². The fraction of sp³-hybridized carbons (Fsp3) is 0.417. The number of aryl methyl sites for hydroxylation is 1. The molecule has 0 bridgehead atoms. The molecule has 4 rings (SSSR count). The molecule has 2 heterocycles. The Morgan fingerprint density at radius 1 is 1.07 bits per heavy atom. The SMILES string of the molecule is CC(C)c1ccc(NC(=O)CCc2nnc(-c3ccncc3)n2C2CCCC2)cc1. The van der Waals surface area contributed by atoms with E-state index in [4.69, 9.17) is 0 Å². The lowest BCUT2D eigenvalue weighted by Gasteiger charge is -2.17. The van der Waals surface area contributed by atoms with Crippen molar-refractivity contribution in [2.45, 2.75) is 64.3 Å². The second-order valence-electron chi connectivity index (χ2n) is 8.31. The molecular weight excluding hydrogens is 374 g/mol. The van der Waals surface area contributed by atoms with Gasteiger partial charge >= 0.3 is 0 Å². The third-order valence-electron chi connectivity index (χ3n) is 5.83. The molecule has 1 aliphatic rings. The highest BCUT2D eigenvalue weighted by atomic mass is 16.1. The summed E-state index contributed by atoms with van der Waals surface area (Å²) >= 11 is 0. The molecule has 6 heteroatoms. The number of rotatable bonds is 7. The molecular formula is C24H29N5O. The van der Waals surface area contributed by atoms with Gasteiger partial charge < -0.3 is 9.88 Å². The molecule has 1 aromatic carbocycles. The van der Waals surface area contributed by atoms with Crippen LogP contribution in [0.25, 0.3) is 11.4 Å². The lowest BCUT2D eigenvalue weighted by atomic mass is 10.0. The number of pyridine rings is 1. The van der Waals surface area contributed by atoms with E-state index in [1.165, 1.54) is 18.4 Å². The van der Waals surface area contributed by atoms with Gasteiger partial charge in [-0.1, -0.05) is 38.8 Å². The van der Waals surface area contributed by atoms with Crippen LogP contribution in [0.5, 0.6) is 0 Å². The number of amides is 1. The monoisotopic (exact) mass is 403 g/mol. The molecule has 0 atom stereocenters. The van der Waals surface area contributed by atoms with Crippen LogP contribution >= 0.6 is 0 Å². The maximum atomic E-state index is 12.5. The largest absolute Gasteiger partial charge is 0.326 e. The summed E-state index contributed by atoms with van der Waals surface area (Å²) in [4.78, 5) is 16.6. The fourth-order valence-corrected chi connectivity index (χ4v) is 4.14. The van der Waals surface area contributed by atoms with Gasteiger partial charge in [0.1, 0.15) is 5.82 Å². The Bertz CT molecular complexity index is 973. The Labute approximate surface area is 177 Å². The molecule has 1 N–H and O–H groups in total. The first-order valence-corrected chi connectivity index (χ1v) is 10.9. The zero-order chi connectivity index (χ0) is 20.9. The first-order chi connectivity index (χ1) is 14.6. The number of hydrogen-bond donors (Lipinski definition) is 1. The highest BCUT2D eigenvalue weighted by molar-refractivity contribution is 5.90. The second-order valence-corrected chi connectivity index (χ2v) is 8.31. The average molecular weight is 404 g/mol. The zero-order valence-corrected chi connectivity index (χ0v) is 17.7. The van der Waals surface area contributed by atoms with Gasteiger partial charge in [0.15, 0.2) is 5.82 Å². The van der Waals surface area contributed by atoms with E-state index in [0.717, 1.165) is 35.7 Å². The average Bonchev–Trinajstić information content (AvgIpc) is 3.43. The molecule has 3 aromatic rings. The Hall–Kier alpha value is -3.02. The van der Waals surface area contributed by atoms with E-state index in [2.05, 4.69) is 51.0 Å². The molecule has 0 unspecified atom stereocenters. The molecule has 0 aliphatic heterocycles. The normalized spacial score (nSPS) is 14.4. The van der Waals surface area contributed by atoms with E-state index in [1.807, 2.05) is 24.3 Å². The molecule has 1 amide bonds. The van der Waals surface area contributed by atoms with Crippen molar-refractivity contribution < 1.29 is 4.79 Å². The summed E-state index contributed by atoms with van der Waals surface area (Å²) in [6.45, 7) is 4.32. The molecule has 6 nitrogen and oxygen atoms in total. The molecule has 2 aromatic heterocycles. The summed E-state index contributed by atoms with van der Waals surface area (Å²) in [5.41, 5.74) is 3.12. The molecule has 0 saturated heterocycles. The number of hydrogen-bond acceptors (Lipinski definition) is 4. The van der Waals surface area contributed by atoms with E-state index < -0.39 is 0 Å². The lowest BCUT2D eigenvalue weighted by molar-refractivity contribution is -0.116. The number of nitrogens with zero attached hydrogens (tertiary/aromatic N) is 4. The summed E-state index contributed by atoms with van der Waals surface area (Å²) in [6.07, 6.45) is 9.24. The van der Waals surface area contributed by atoms with Crippen molar-refractivity contribution in [3.05, 3.63) is 60.2 Å². The number of carbonyl (C=O) groups excluding carboxylic acids is 1. The van der Waals surface area contributed by atoms with Gasteiger partial charge in [0.2, 0.25) is 5.91 Å². The number of benzene rings is 1. The summed E-state index contributed by atoms with van der Waals surface area (Å²) in [6, 6.07) is 12.4. The topological polar surface area (TPSA) is 72.7 Å². The van der Waals surface area contributed by atoms with Crippen LogP contribution in [-0.2, 0) is 11.2 Å². The van der Waals surface area contributed by atoms with Crippen molar-refractivity contribution in [1.82, 2.24) is 19.7 Å². The third kappa shape index (κ3) is 4.58. The Balaban J connectivity index is 1.46. The van der Waals surface area contributed by atoms with Gasteiger partial charge in [0.05, 0.1) is 0 Å². The number of anilines is 1. The summed E-state index contributed by atoms with van der Waals surface area (Å²) in [7, 11) is 0.